The number of Topliss-reactive ketones (excluding diaryl/α,β-unsaturated/α-hetero) is 1. The molecule has 4 aromatic rings. The van der Waals surface area contributed by atoms with E-state index < -0.39 is 0 Å². The van der Waals surface area contributed by atoms with Crippen molar-refractivity contribution >= 4 is 16.6 Å². The standard InChI is InChI=1S/C24H20N2O2/c1-16(19-13-7-11-17-8-5-6-12-20(17)19)14-22(27)21-15-23(28)26-24(25-21)18-9-3-2-4-10-18/h2-13,15-16H,14H2,1H3,(H,25,26,28)/t16-/m1/s1. The lowest BCUT2D eigenvalue weighted by atomic mass is 9.90. The molecule has 3 aromatic carbocycles. The Kier molecular flexibility index (Phi) is 4.85. The molecule has 1 heterocycles. The van der Waals surface area contributed by atoms with Gasteiger partial charge in [0.2, 0.25) is 0 Å². The van der Waals surface area contributed by atoms with E-state index in [4.69, 9.17) is 0 Å². The highest BCUT2D eigenvalue weighted by atomic mass is 16.1. The molecular weight excluding hydrogens is 348 g/mol. The largest absolute Gasteiger partial charge is 0.306 e. The number of carbonyl (C=O) groups is 1. The van der Waals surface area contributed by atoms with Crippen LogP contribution in [0, 0.1) is 0 Å². The van der Waals surface area contributed by atoms with Crippen LogP contribution in [0.25, 0.3) is 22.2 Å². The lowest BCUT2D eigenvalue weighted by Gasteiger charge is -2.14. The van der Waals surface area contributed by atoms with Gasteiger partial charge in [-0.05, 0) is 22.3 Å². The predicted molar refractivity (Wildman–Crippen MR) is 112 cm³/mol. The molecule has 0 aliphatic heterocycles. The lowest BCUT2D eigenvalue weighted by Crippen LogP contribution is -2.15. The van der Waals surface area contributed by atoms with Gasteiger partial charge in [-0.2, -0.15) is 0 Å². The van der Waals surface area contributed by atoms with Gasteiger partial charge in [0.05, 0.1) is 0 Å². The summed E-state index contributed by atoms with van der Waals surface area (Å²) in [6.07, 6.45) is 0.290. The topological polar surface area (TPSA) is 62.8 Å². The Hall–Kier alpha value is -3.53. The van der Waals surface area contributed by atoms with Gasteiger partial charge in [0.1, 0.15) is 11.5 Å². The molecule has 1 N–H and O–H groups in total. The van der Waals surface area contributed by atoms with Gasteiger partial charge in [-0.15, -0.1) is 0 Å². The van der Waals surface area contributed by atoms with Gasteiger partial charge in [0.15, 0.2) is 5.78 Å². The highest BCUT2D eigenvalue weighted by Gasteiger charge is 2.17. The van der Waals surface area contributed by atoms with Crippen LogP contribution in [0.2, 0.25) is 0 Å². The number of benzene rings is 3. The number of H-pyrrole nitrogens is 1. The zero-order valence-corrected chi connectivity index (χ0v) is 15.6. The van der Waals surface area contributed by atoms with E-state index in [1.807, 2.05) is 55.5 Å². The molecule has 138 valence electrons. The minimum Gasteiger partial charge on any atom is -0.306 e. The van der Waals surface area contributed by atoms with Gasteiger partial charge >= 0.3 is 0 Å². The monoisotopic (exact) mass is 368 g/mol. The summed E-state index contributed by atoms with van der Waals surface area (Å²) < 4.78 is 0. The van der Waals surface area contributed by atoms with E-state index in [0.29, 0.717) is 12.2 Å². The molecule has 4 nitrogen and oxygen atoms in total. The molecular formula is C24H20N2O2. The average molecular weight is 368 g/mol. The van der Waals surface area contributed by atoms with Crippen molar-refractivity contribution in [2.24, 2.45) is 0 Å². The molecule has 1 atom stereocenters. The fraction of sp³-hybridized carbons (Fsp3) is 0.125. The van der Waals surface area contributed by atoms with Crippen LogP contribution in [0.3, 0.4) is 0 Å². The number of nitrogens with one attached hydrogen (secondary N) is 1. The van der Waals surface area contributed by atoms with Gasteiger partial charge in [-0.25, -0.2) is 4.98 Å². The zero-order valence-electron chi connectivity index (χ0n) is 15.6. The first-order chi connectivity index (χ1) is 13.6. The quantitative estimate of drug-likeness (QED) is 0.506. The van der Waals surface area contributed by atoms with E-state index >= 15 is 0 Å². The first kappa shape index (κ1) is 17.9. The first-order valence-corrected chi connectivity index (χ1v) is 9.29. The molecule has 0 bridgehead atoms. The van der Waals surface area contributed by atoms with Crippen LogP contribution in [0.1, 0.15) is 35.3 Å². The van der Waals surface area contributed by atoms with Crippen molar-refractivity contribution in [3.8, 4) is 11.4 Å². The third-order valence-corrected chi connectivity index (χ3v) is 4.92. The number of carbonyl (C=O) groups excluding carboxylic acids is 1. The van der Waals surface area contributed by atoms with Gasteiger partial charge in [0.25, 0.3) is 5.56 Å². The smallest absolute Gasteiger partial charge is 0.251 e. The maximum absolute atomic E-state index is 12.9. The second-order valence-corrected chi connectivity index (χ2v) is 6.94. The van der Waals surface area contributed by atoms with Crippen molar-refractivity contribution < 1.29 is 4.79 Å². The molecule has 0 aliphatic carbocycles. The molecule has 0 saturated heterocycles. The summed E-state index contributed by atoms with van der Waals surface area (Å²) in [4.78, 5) is 32.1. The van der Waals surface area contributed by atoms with Crippen LogP contribution >= 0.6 is 0 Å². The number of aromatic nitrogens is 2. The van der Waals surface area contributed by atoms with Crippen LogP contribution in [-0.2, 0) is 0 Å². The summed E-state index contributed by atoms with van der Waals surface area (Å²) in [6.45, 7) is 2.03. The maximum atomic E-state index is 12.9. The Labute approximate surface area is 162 Å². The molecule has 0 radical (unpaired) electrons. The highest BCUT2D eigenvalue weighted by Crippen LogP contribution is 2.28. The molecule has 0 fully saturated rings. The third kappa shape index (κ3) is 3.62. The summed E-state index contributed by atoms with van der Waals surface area (Å²) >= 11 is 0. The fourth-order valence-corrected chi connectivity index (χ4v) is 3.51. The highest BCUT2D eigenvalue weighted by molar-refractivity contribution is 5.95. The summed E-state index contributed by atoms with van der Waals surface area (Å²) in [5, 5.41) is 2.30. The Morgan fingerprint density at radius 3 is 2.50 bits per heavy atom. The van der Waals surface area contributed by atoms with Crippen molar-refractivity contribution in [3.63, 3.8) is 0 Å². The van der Waals surface area contributed by atoms with Gasteiger partial charge in [-0.3, -0.25) is 9.59 Å². The predicted octanol–water partition coefficient (Wildman–Crippen LogP) is 4.97. The van der Waals surface area contributed by atoms with Crippen LogP contribution in [-0.4, -0.2) is 15.8 Å². The fourth-order valence-electron chi connectivity index (χ4n) is 3.51. The number of ketones is 1. The number of fused-ring (bicyclic) bond motifs is 1. The van der Waals surface area contributed by atoms with Crippen molar-refractivity contribution in [3.05, 3.63) is 100 Å². The van der Waals surface area contributed by atoms with Crippen LogP contribution in [0.4, 0.5) is 0 Å². The normalized spacial score (nSPS) is 12.0. The average Bonchev–Trinajstić information content (AvgIpc) is 2.73. The summed E-state index contributed by atoms with van der Waals surface area (Å²) in [5.41, 5.74) is 1.78. The minimum absolute atomic E-state index is 0.0138. The van der Waals surface area contributed by atoms with E-state index in [1.54, 1.807) is 0 Å². The zero-order chi connectivity index (χ0) is 19.5. The maximum Gasteiger partial charge on any atom is 0.251 e. The van der Waals surface area contributed by atoms with E-state index in [0.717, 1.165) is 21.9 Å². The van der Waals surface area contributed by atoms with E-state index in [-0.39, 0.29) is 23.0 Å². The number of rotatable bonds is 5. The second-order valence-electron chi connectivity index (χ2n) is 6.94. The van der Waals surface area contributed by atoms with E-state index in [2.05, 4.69) is 34.2 Å². The molecule has 4 rings (SSSR count). The minimum atomic E-state index is -0.324. The Bertz CT molecular complexity index is 1190. The molecule has 0 unspecified atom stereocenters. The molecule has 0 saturated carbocycles. The van der Waals surface area contributed by atoms with Crippen LogP contribution in [0.15, 0.2) is 83.7 Å². The number of aromatic amines is 1. The molecule has 1 aromatic heterocycles. The van der Waals surface area contributed by atoms with E-state index in [1.165, 1.54) is 6.07 Å². The Balaban J connectivity index is 1.63. The second kappa shape index (κ2) is 7.61. The molecule has 0 aliphatic rings. The SMILES string of the molecule is C[C@H](CC(=O)c1cc(=O)[nH]c(-c2ccccc2)n1)c1cccc2ccccc12. The first-order valence-electron chi connectivity index (χ1n) is 9.29. The Morgan fingerprint density at radius 1 is 0.964 bits per heavy atom. The Morgan fingerprint density at radius 2 is 1.68 bits per heavy atom. The van der Waals surface area contributed by atoms with E-state index in [9.17, 15) is 9.59 Å². The molecule has 0 spiro atoms. The van der Waals surface area contributed by atoms with Gasteiger partial charge in [0, 0.05) is 18.1 Å². The van der Waals surface area contributed by atoms with Gasteiger partial charge < -0.3 is 4.98 Å². The summed E-state index contributed by atoms with van der Waals surface area (Å²) in [6, 6.07) is 24.9. The summed E-state index contributed by atoms with van der Waals surface area (Å²) in [5.74, 6) is 0.290. The number of hydrogen-bond donors (Lipinski definition) is 1. The number of nitrogens with zero attached hydrogens (tertiary/aromatic N) is 1. The molecule has 0 amide bonds. The van der Waals surface area contributed by atoms with Crippen molar-refractivity contribution in [1.82, 2.24) is 9.97 Å². The van der Waals surface area contributed by atoms with Crippen molar-refractivity contribution in [2.75, 3.05) is 0 Å². The van der Waals surface area contributed by atoms with Crippen molar-refractivity contribution in [2.45, 2.75) is 19.3 Å². The van der Waals surface area contributed by atoms with Crippen LogP contribution in [0.5, 0.6) is 0 Å². The van der Waals surface area contributed by atoms with Gasteiger partial charge in [-0.1, -0.05) is 79.7 Å². The van der Waals surface area contributed by atoms with Crippen molar-refractivity contribution in [1.29, 1.82) is 0 Å². The third-order valence-electron chi connectivity index (χ3n) is 4.92. The molecule has 28 heavy (non-hydrogen) atoms. The molecule has 4 heteroatoms. The lowest BCUT2D eigenvalue weighted by molar-refractivity contribution is 0.0971. The summed E-state index contributed by atoms with van der Waals surface area (Å²) in [7, 11) is 0. The van der Waals surface area contributed by atoms with Crippen LogP contribution < -0.4 is 5.56 Å². The number of hydrogen-bond acceptors (Lipinski definition) is 3.